The predicted octanol–water partition coefficient (Wildman–Crippen LogP) is 0.992. The minimum Gasteiger partial charge on any atom is -0.480 e. The number of carbonyl (C=O) groups is 1. The second-order valence-electron chi connectivity index (χ2n) is 3.09. The molecule has 11 heavy (non-hydrogen) atoms. The van der Waals surface area contributed by atoms with Crippen molar-refractivity contribution in [2.45, 2.75) is 44.7 Å². The van der Waals surface area contributed by atoms with Crippen molar-refractivity contribution >= 4 is 5.97 Å². The predicted molar refractivity (Wildman–Crippen MR) is 42.5 cm³/mol. The molecule has 0 aliphatic carbocycles. The topological polar surface area (TPSA) is 49.3 Å². The largest absolute Gasteiger partial charge is 0.480 e. The van der Waals surface area contributed by atoms with Crippen LogP contribution < -0.4 is 5.32 Å². The molecule has 0 radical (unpaired) electrons. The fraction of sp³-hybridized carbons (Fsp3) is 0.875. The van der Waals surface area contributed by atoms with E-state index in [1.165, 1.54) is 0 Å². The van der Waals surface area contributed by atoms with Crippen molar-refractivity contribution < 1.29 is 9.90 Å². The van der Waals surface area contributed by atoms with Gasteiger partial charge in [0.05, 0.1) is 0 Å². The molecule has 1 aliphatic heterocycles. The van der Waals surface area contributed by atoms with E-state index in [9.17, 15) is 4.79 Å². The molecule has 2 atom stereocenters. The Hall–Kier alpha value is -0.570. The minimum atomic E-state index is -0.705. The van der Waals surface area contributed by atoms with Crippen molar-refractivity contribution in [3.05, 3.63) is 0 Å². The maximum atomic E-state index is 10.6. The highest BCUT2D eigenvalue weighted by molar-refractivity contribution is 5.73. The SMILES string of the molecule is CCC1CCCC(C(=O)O)N1. The lowest BCUT2D eigenvalue weighted by Gasteiger charge is -2.27. The molecule has 2 unspecified atom stereocenters. The standard InChI is InChI=1S/C8H15NO2/c1-2-6-4-3-5-7(9-6)8(10)11/h6-7,9H,2-5H2,1H3,(H,10,11). The Bertz CT molecular complexity index is 147. The molecule has 0 spiro atoms. The van der Waals surface area contributed by atoms with Gasteiger partial charge < -0.3 is 10.4 Å². The second kappa shape index (κ2) is 3.72. The molecule has 0 saturated carbocycles. The lowest BCUT2D eigenvalue weighted by Crippen LogP contribution is -2.46. The minimum absolute atomic E-state index is 0.298. The van der Waals surface area contributed by atoms with E-state index in [0.29, 0.717) is 6.04 Å². The average molecular weight is 157 g/mol. The smallest absolute Gasteiger partial charge is 0.320 e. The molecule has 0 amide bonds. The Morgan fingerprint density at radius 2 is 2.36 bits per heavy atom. The Balaban J connectivity index is 2.39. The van der Waals surface area contributed by atoms with Crippen molar-refractivity contribution in [1.82, 2.24) is 5.32 Å². The number of carboxylic acid groups (broad SMARTS) is 1. The molecule has 2 N–H and O–H groups in total. The highest BCUT2D eigenvalue weighted by atomic mass is 16.4. The van der Waals surface area contributed by atoms with E-state index in [0.717, 1.165) is 25.7 Å². The van der Waals surface area contributed by atoms with Crippen molar-refractivity contribution in [1.29, 1.82) is 0 Å². The molecular formula is C8H15NO2. The van der Waals surface area contributed by atoms with E-state index in [2.05, 4.69) is 12.2 Å². The normalized spacial score (nSPS) is 31.7. The first-order valence-corrected chi connectivity index (χ1v) is 4.23. The summed E-state index contributed by atoms with van der Waals surface area (Å²) in [5.74, 6) is -0.705. The zero-order valence-corrected chi connectivity index (χ0v) is 6.84. The van der Waals surface area contributed by atoms with Crippen molar-refractivity contribution in [3.63, 3.8) is 0 Å². The van der Waals surface area contributed by atoms with Crippen LogP contribution >= 0.6 is 0 Å². The van der Waals surface area contributed by atoms with E-state index in [-0.39, 0.29) is 6.04 Å². The van der Waals surface area contributed by atoms with Crippen LogP contribution in [-0.4, -0.2) is 23.2 Å². The summed E-state index contributed by atoms with van der Waals surface area (Å²) in [4.78, 5) is 10.6. The van der Waals surface area contributed by atoms with E-state index >= 15 is 0 Å². The number of hydrogen-bond donors (Lipinski definition) is 2. The van der Waals surface area contributed by atoms with Crippen LogP contribution in [0.2, 0.25) is 0 Å². The lowest BCUT2D eigenvalue weighted by atomic mass is 9.97. The van der Waals surface area contributed by atoms with Gasteiger partial charge in [0, 0.05) is 6.04 Å². The molecule has 0 bridgehead atoms. The molecule has 1 heterocycles. The number of carboxylic acids is 1. The fourth-order valence-corrected chi connectivity index (χ4v) is 1.54. The maximum absolute atomic E-state index is 10.6. The number of piperidine rings is 1. The summed E-state index contributed by atoms with van der Waals surface area (Å²) in [5.41, 5.74) is 0. The molecule has 3 heteroatoms. The molecule has 64 valence electrons. The molecule has 3 nitrogen and oxygen atoms in total. The third kappa shape index (κ3) is 2.19. The van der Waals surface area contributed by atoms with Crippen LogP contribution in [0.5, 0.6) is 0 Å². The maximum Gasteiger partial charge on any atom is 0.320 e. The number of nitrogens with one attached hydrogen (secondary N) is 1. The van der Waals surface area contributed by atoms with Gasteiger partial charge in [-0.15, -0.1) is 0 Å². The first-order chi connectivity index (χ1) is 5.24. The molecule has 0 aromatic carbocycles. The van der Waals surface area contributed by atoms with Gasteiger partial charge in [-0.05, 0) is 25.7 Å². The number of hydrogen-bond acceptors (Lipinski definition) is 2. The Kier molecular flexibility index (Phi) is 2.88. The van der Waals surface area contributed by atoms with E-state index in [4.69, 9.17) is 5.11 Å². The molecule has 0 aromatic rings. The summed E-state index contributed by atoms with van der Waals surface area (Å²) in [7, 11) is 0. The van der Waals surface area contributed by atoms with Crippen LogP contribution in [0.25, 0.3) is 0 Å². The first kappa shape index (κ1) is 8.53. The summed E-state index contributed by atoms with van der Waals surface area (Å²) >= 11 is 0. The highest BCUT2D eigenvalue weighted by Gasteiger charge is 2.24. The Labute approximate surface area is 66.8 Å². The summed E-state index contributed by atoms with van der Waals surface area (Å²) in [6.07, 6.45) is 3.98. The van der Waals surface area contributed by atoms with Crippen LogP contribution in [0, 0.1) is 0 Å². The van der Waals surface area contributed by atoms with Gasteiger partial charge in [0.25, 0.3) is 0 Å². The van der Waals surface area contributed by atoms with Gasteiger partial charge in [-0.25, -0.2) is 0 Å². The van der Waals surface area contributed by atoms with Gasteiger partial charge in [-0.1, -0.05) is 6.92 Å². The molecule has 1 saturated heterocycles. The zero-order valence-electron chi connectivity index (χ0n) is 6.84. The van der Waals surface area contributed by atoms with E-state index in [1.54, 1.807) is 0 Å². The fourth-order valence-electron chi connectivity index (χ4n) is 1.54. The second-order valence-corrected chi connectivity index (χ2v) is 3.09. The average Bonchev–Trinajstić information content (AvgIpc) is 2.05. The van der Waals surface area contributed by atoms with Crippen LogP contribution in [0.4, 0.5) is 0 Å². The van der Waals surface area contributed by atoms with E-state index in [1.807, 2.05) is 0 Å². The van der Waals surface area contributed by atoms with Gasteiger partial charge in [-0.2, -0.15) is 0 Å². The van der Waals surface area contributed by atoms with Gasteiger partial charge in [0.2, 0.25) is 0 Å². The van der Waals surface area contributed by atoms with Gasteiger partial charge in [0.15, 0.2) is 0 Å². The molecule has 1 aliphatic rings. The number of aliphatic carboxylic acids is 1. The molecule has 0 aromatic heterocycles. The Morgan fingerprint density at radius 3 is 2.91 bits per heavy atom. The van der Waals surface area contributed by atoms with Crippen LogP contribution in [0.1, 0.15) is 32.6 Å². The van der Waals surface area contributed by atoms with Crippen LogP contribution in [0.3, 0.4) is 0 Å². The van der Waals surface area contributed by atoms with Crippen molar-refractivity contribution in [2.24, 2.45) is 0 Å². The third-order valence-electron chi connectivity index (χ3n) is 2.27. The lowest BCUT2D eigenvalue weighted by molar-refractivity contribution is -0.140. The van der Waals surface area contributed by atoms with Crippen molar-refractivity contribution in [3.8, 4) is 0 Å². The molecule has 1 rings (SSSR count). The van der Waals surface area contributed by atoms with Crippen molar-refractivity contribution in [2.75, 3.05) is 0 Å². The molecule has 1 fully saturated rings. The monoisotopic (exact) mass is 157 g/mol. The highest BCUT2D eigenvalue weighted by Crippen LogP contribution is 2.14. The van der Waals surface area contributed by atoms with Crippen LogP contribution in [0.15, 0.2) is 0 Å². The van der Waals surface area contributed by atoms with Crippen LogP contribution in [-0.2, 0) is 4.79 Å². The van der Waals surface area contributed by atoms with Gasteiger partial charge >= 0.3 is 5.97 Å². The number of rotatable bonds is 2. The van der Waals surface area contributed by atoms with Gasteiger partial charge in [-0.3, -0.25) is 4.79 Å². The zero-order chi connectivity index (χ0) is 8.27. The van der Waals surface area contributed by atoms with E-state index < -0.39 is 5.97 Å². The first-order valence-electron chi connectivity index (χ1n) is 4.23. The quantitative estimate of drug-likeness (QED) is 0.628. The Morgan fingerprint density at radius 1 is 1.64 bits per heavy atom. The summed E-state index contributed by atoms with van der Waals surface area (Å²) in [6.45, 7) is 2.09. The summed E-state index contributed by atoms with van der Waals surface area (Å²) in [6, 6.07) is 0.124. The summed E-state index contributed by atoms with van der Waals surface area (Å²) in [5, 5.41) is 11.8. The summed E-state index contributed by atoms with van der Waals surface area (Å²) < 4.78 is 0. The molecular weight excluding hydrogens is 142 g/mol. The third-order valence-corrected chi connectivity index (χ3v) is 2.27. The van der Waals surface area contributed by atoms with Gasteiger partial charge in [0.1, 0.15) is 6.04 Å².